The molecule has 0 aliphatic heterocycles. The number of ether oxygens (including phenoxy) is 2. The smallest absolute Gasteiger partial charge is 0.340 e. The maximum atomic E-state index is 13.6. The highest BCUT2D eigenvalue weighted by atomic mass is 32.2. The average molecular weight is 449 g/mol. The number of anilines is 1. The summed E-state index contributed by atoms with van der Waals surface area (Å²) in [4.78, 5) is 37.3. The molecule has 9 heteroatoms. The molecular weight excluding hydrogens is 423 g/mol. The Morgan fingerprint density at radius 3 is 2.61 bits per heavy atom. The van der Waals surface area contributed by atoms with Crippen molar-refractivity contribution in [2.75, 3.05) is 31.3 Å². The molecule has 0 saturated heterocycles. The first kappa shape index (κ1) is 24.4. The lowest BCUT2D eigenvalue weighted by Crippen LogP contribution is -2.30. The van der Waals surface area contributed by atoms with Gasteiger partial charge in [0.15, 0.2) is 6.10 Å². The van der Waals surface area contributed by atoms with Crippen molar-refractivity contribution >= 4 is 35.2 Å². The summed E-state index contributed by atoms with van der Waals surface area (Å²) in [5.74, 6) is -1.80. The number of esters is 1. The summed E-state index contributed by atoms with van der Waals surface area (Å²) in [6, 6.07) is 11.0. The van der Waals surface area contributed by atoms with Gasteiger partial charge in [0.05, 0.1) is 17.9 Å². The number of nitrogens with one attached hydrogen (secondary N) is 2. The highest BCUT2D eigenvalue weighted by Gasteiger charge is 2.21. The van der Waals surface area contributed by atoms with Crippen molar-refractivity contribution in [3.8, 4) is 0 Å². The predicted molar refractivity (Wildman–Crippen MR) is 117 cm³/mol. The van der Waals surface area contributed by atoms with Gasteiger partial charge >= 0.3 is 5.97 Å². The van der Waals surface area contributed by atoms with E-state index in [1.165, 1.54) is 24.8 Å². The first-order valence-corrected chi connectivity index (χ1v) is 10.6. The quantitative estimate of drug-likeness (QED) is 0.329. The third kappa shape index (κ3) is 7.69. The van der Waals surface area contributed by atoms with Crippen LogP contribution in [-0.4, -0.2) is 49.9 Å². The van der Waals surface area contributed by atoms with Crippen molar-refractivity contribution in [3.05, 3.63) is 59.4 Å². The van der Waals surface area contributed by atoms with Gasteiger partial charge in [0.2, 0.25) is 5.91 Å². The molecule has 2 N–H and O–H groups in total. The zero-order valence-electron chi connectivity index (χ0n) is 17.6. The lowest BCUT2D eigenvalue weighted by atomic mass is 10.2. The van der Waals surface area contributed by atoms with Gasteiger partial charge in [-0.25, -0.2) is 9.18 Å². The molecule has 1 unspecified atom stereocenters. The fraction of sp³-hybridized carbons (Fsp3) is 0.318. The van der Waals surface area contributed by atoms with Crippen LogP contribution in [0, 0.1) is 12.7 Å². The van der Waals surface area contributed by atoms with Crippen LogP contribution in [0.4, 0.5) is 10.1 Å². The molecule has 2 amide bonds. The van der Waals surface area contributed by atoms with E-state index in [9.17, 15) is 18.8 Å². The van der Waals surface area contributed by atoms with Crippen LogP contribution in [-0.2, 0) is 19.1 Å². The van der Waals surface area contributed by atoms with Gasteiger partial charge in [-0.1, -0.05) is 18.2 Å². The summed E-state index contributed by atoms with van der Waals surface area (Å²) in [5, 5.41) is 5.22. The Labute approximate surface area is 184 Å². The van der Waals surface area contributed by atoms with E-state index in [0.717, 1.165) is 0 Å². The minimum atomic E-state index is -1.10. The van der Waals surface area contributed by atoms with E-state index in [4.69, 9.17) is 9.47 Å². The number of halogens is 1. The SMILES string of the molecule is COCCNC(=O)CSc1ccccc1C(=O)OC(C)C(=O)Nc1ccc(C)c(F)c1. The van der Waals surface area contributed by atoms with Crippen molar-refractivity contribution in [2.24, 2.45) is 0 Å². The third-order valence-corrected chi connectivity index (χ3v) is 5.26. The van der Waals surface area contributed by atoms with E-state index >= 15 is 0 Å². The van der Waals surface area contributed by atoms with Gasteiger partial charge < -0.3 is 20.1 Å². The Kier molecular flexibility index (Phi) is 9.48. The number of thioether (sulfide) groups is 1. The van der Waals surface area contributed by atoms with Crippen LogP contribution in [0.15, 0.2) is 47.4 Å². The molecule has 31 heavy (non-hydrogen) atoms. The first-order valence-electron chi connectivity index (χ1n) is 9.57. The van der Waals surface area contributed by atoms with Crippen molar-refractivity contribution in [1.82, 2.24) is 5.32 Å². The number of aryl methyl sites for hydroxylation is 1. The van der Waals surface area contributed by atoms with Crippen LogP contribution in [0.5, 0.6) is 0 Å². The first-order chi connectivity index (χ1) is 14.8. The van der Waals surface area contributed by atoms with Crippen LogP contribution in [0.3, 0.4) is 0 Å². The van der Waals surface area contributed by atoms with Gasteiger partial charge in [0.1, 0.15) is 5.82 Å². The van der Waals surface area contributed by atoms with Gasteiger partial charge in [-0.3, -0.25) is 9.59 Å². The zero-order chi connectivity index (χ0) is 22.8. The van der Waals surface area contributed by atoms with Crippen molar-refractivity contribution in [1.29, 1.82) is 0 Å². The largest absolute Gasteiger partial charge is 0.449 e. The van der Waals surface area contributed by atoms with E-state index in [0.29, 0.717) is 23.6 Å². The molecule has 0 bridgehead atoms. The Balaban J connectivity index is 1.95. The third-order valence-electron chi connectivity index (χ3n) is 4.19. The molecule has 1 atom stereocenters. The summed E-state index contributed by atoms with van der Waals surface area (Å²) in [7, 11) is 1.54. The highest BCUT2D eigenvalue weighted by molar-refractivity contribution is 8.00. The Morgan fingerprint density at radius 1 is 1.16 bits per heavy atom. The fourth-order valence-corrected chi connectivity index (χ4v) is 3.31. The molecule has 0 radical (unpaired) electrons. The summed E-state index contributed by atoms with van der Waals surface area (Å²) in [6.45, 7) is 3.85. The molecule has 0 aliphatic carbocycles. The molecule has 0 heterocycles. The van der Waals surface area contributed by atoms with Crippen LogP contribution in [0.25, 0.3) is 0 Å². The molecule has 7 nitrogen and oxygen atoms in total. The molecule has 2 rings (SSSR count). The van der Waals surface area contributed by atoms with E-state index in [2.05, 4.69) is 10.6 Å². The second-order valence-electron chi connectivity index (χ2n) is 6.63. The maximum Gasteiger partial charge on any atom is 0.340 e. The van der Waals surface area contributed by atoms with Crippen molar-refractivity contribution in [2.45, 2.75) is 24.8 Å². The average Bonchev–Trinajstić information content (AvgIpc) is 2.75. The number of hydrogen-bond donors (Lipinski definition) is 2. The van der Waals surface area contributed by atoms with Crippen molar-refractivity contribution in [3.63, 3.8) is 0 Å². The molecular formula is C22H25FN2O5S. The van der Waals surface area contributed by atoms with E-state index in [1.807, 2.05) is 0 Å². The molecule has 0 fully saturated rings. The fourth-order valence-electron chi connectivity index (χ4n) is 2.44. The standard InChI is InChI=1S/C22H25FN2O5S/c1-14-8-9-16(12-18(14)23)25-21(27)15(2)30-22(28)17-6-4-5-7-19(17)31-13-20(26)24-10-11-29-3/h4-9,12,15H,10-11,13H2,1-3H3,(H,24,26)(H,25,27). The van der Waals surface area contributed by atoms with Gasteiger partial charge in [-0.05, 0) is 43.7 Å². The lowest BCUT2D eigenvalue weighted by Gasteiger charge is -2.15. The Hall–Kier alpha value is -2.91. The second kappa shape index (κ2) is 12.1. The van der Waals surface area contributed by atoms with E-state index < -0.39 is 23.8 Å². The number of rotatable bonds is 10. The number of benzene rings is 2. The molecule has 2 aromatic carbocycles. The summed E-state index contributed by atoms with van der Waals surface area (Å²) >= 11 is 1.19. The molecule has 0 saturated carbocycles. The normalized spacial score (nSPS) is 11.5. The van der Waals surface area contributed by atoms with Gasteiger partial charge in [0, 0.05) is 24.2 Å². The number of carbonyl (C=O) groups is 3. The minimum Gasteiger partial charge on any atom is -0.449 e. The second-order valence-corrected chi connectivity index (χ2v) is 7.65. The van der Waals surface area contributed by atoms with Gasteiger partial charge in [-0.15, -0.1) is 11.8 Å². The minimum absolute atomic E-state index is 0.114. The zero-order valence-corrected chi connectivity index (χ0v) is 18.4. The molecule has 0 spiro atoms. The summed E-state index contributed by atoms with van der Waals surface area (Å²) in [5.41, 5.74) is 0.976. The number of methoxy groups -OCH3 is 1. The number of hydrogen-bond acceptors (Lipinski definition) is 6. The monoisotopic (exact) mass is 448 g/mol. The Morgan fingerprint density at radius 2 is 1.90 bits per heavy atom. The van der Waals surface area contributed by atoms with Crippen LogP contribution in [0.1, 0.15) is 22.8 Å². The summed E-state index contributed by atoms with van der Waals surface area (Å²) < 4.78 is 23.8. The number of amides is 2. The number of carbonyl (C=O) groups excluding carboxylic acids is 3. The Bertz CT molecular complexity index is 938. The highest BCUT2D eigenvalue weighted by Crippen LogP contribution is 2.24. The van der Waals surface area contributed by atoms with E-state index in [1.54, 1.807) is 50.4 Å². The molecule has 166 valence electrons. The van der Waals surface area contributed by atoms with Crippen LogP contribution >= 0.6 is 11.8 Å². The van der Waals surface area contributed by atoms with Gasteiger partial charge in [0.25, 0.3) is 5.91 Å². The van der Waals surface area contributed by atoms with E-state index in [-0.39, 0.29) is 22.9 Å². The van der Waals surface area contributed by atoms with Gasteiger partial charge in [-0.2, -0.15) is 0 Å². The predicted octanol–water partition coefficient (Wildman–Crippen LogP) is 3.17. The topological polar surface area (TPSA) is 93.7 Å². The maximum absolute atomic E-state index is 13.6. The van der Waals surface area contributed by atoms with Crippen LogP contribution < -0.4 is 10.6 Å². The van der Waals surface area contributed by atoms with Crippen LogP contribution in [0.2, 0.25) is 0 Å². The summed E-state index contributed by atoms with van der Waals surface area (Å²) in [6.07, 6.45) is -1.10. The molecule has 2 aromatic rings. The lowest BCUT2D eigenvalue weighted by molar-refractivity contribution is -0.123. The molecule has 0 aromatic heterocycles. The van der Waals surface area contributed by atoms with Crippen molar-refractivity contribution < 1.29 is 28.2 Å². The molecule has 0 aliphatic rings.